The first-order chi connectivity index (χ1) is 10.4. The predicted molar refractivity (Wildman–Crippen MR) is 82.7 cm³/mol. The molecule has 0 spiro atoms. The minimum absolute atomic E-state index is 0.301. The zero-order chi connectivity index (χ0) is 16.2. The molecule has 0 aliphatic carbocycles. The van der Waals surface area contributed by atoms with Gasteiger partial charge < -0.3 is 16.2 Å². The molecule has 4 N–H and O–H groups in total. The fourth-order valence-electron chi connectivity index (χ4n) is 2.06. The molecule has 22 heavy (non-hydrogen) atoms. The molecule has 0 aromatic heterocycles. The summed E-state index contributed by atoms with van der Waals surface area (Å²) in [5, 5.41) is 0. The molecular weight excluding hydrogens is 283 g/mol. The number of nitrogens with two attached hydrogens (primary N) is 2. The number of amides is 1. The van der Waals surface area contributed by atoms with E-state index < -0.39 is 11.4 Å². The van der Waals surface area contributed by atoms with Gasteiger partial charge in [0.25, 0.3) is 0 Å². The minimum atomic E-state index is -1.10. The van der Waals surface area contributed by atoms with E-state index in [0.29, 0.717) is 18.8 Å². The van der Waals surface area contributed by atoms with Crippen LogP contribution in [0.25, 0.3) is 0 Å². The average molecular weight is 302 g/mol. The van der Waals surface area contributed by atoms with E-state index in [1.54, 1.807) is 19.1 Å². The fourth-order valence-corrected chi connectivity index (χ4v) is 2.06. The smallest absolute Gasteiger partial charge is 0.237 e. The van der Waals surface area contributed by atoms with Gasteiger partial charge in [-0.1, -0.05) is 30.3 Å². The van der Waals surface area contributed by atoms with Gasteiger partial charge in [0.2, 0.25) is 5.91 Å². The molecule has 0 saturated carbocycles. The molecule has 5 heteroatoms. The SMILES string of the molecule is CC(N)(Cc1cccc(COc2cccc(F)c2)c1)C(N)=O. The number of carbonyl (C=O) groups excluding carboxylic acids is 1. The molecule has 0 saturated heterocycles. The van der Waals surface area contributed by atoms with Crippen LogP contribution < -0.4 is 16.2 Å². The van der Waals surface area contributed by atoms with Gasteiger partial charge in [-0.05, 0) is 36.6 Å². The maximum absolute atomic E-state index is 13.1. The maximum atomic E-state index is 13.1. The van der Waals surface area contributed by atoms with Crippen molar-refractivity contribution in [2.24, 2.45) is 11.5 Å². The second-order valence-electron chi connectivity index (χ2n) is 5.52. The van der Waals surface area contributed by atoms with Crippen molar-refractivity contribution < 1.29 is 13.9 Å². The molecule has 2 rings (SSSR count). The van der Waals surface area contributed by atoms with Gasteiger partial charge in [0.1, 0.15) is 18.2 Å². The highest BCUT2D eigenvalue weighted by atomic mass is 19.1. The Balaban J connectivity index is 2.04. The van der Waals surface area contributed by atoms with Gasteiger partial charge in [-0.3, -0.25) is 4.79 Å². The molecule has 1 unspecified atom stereocenters. The summed E-state index contributed by atoms with van der Waals surface area (Å²) in [4.78, 5) is 11.3. The van der Waals surface area contributed by atoms with Crippen molar-refractivity contribution >= 4 is 5.91 Å². The Labute approximate surface area is 128 Å². The summed E-state index contributed by atoms with van der Waals surface area (Å²) in [5.74, 6) is -0.424. The molecule has 4 nitrogen and oxygen atoms in total. The van der Waals surface area contributed by atoms with Crippen LogP contribution in [0.1, 0.15) is 18.1 Å². The molecule has 0 radical (unpaired) electrons. The average Bonchev–Trinajstić information content (AvgIpc) is 2.45. The van der Waals surface area contributed by atoms with E-state index in [0.717, 1.165) is 11.1 Å². The largest absolute Gasteiger partial charge is 0.489 e. The first-order valence-corrected chi connectivity index (χ1v) is 6.92. The zero-order valence-electron chi connectivity index (χ0n) is 12.4. The zero-order valence-corrected chi connectivity index (χ0v) is 12.4. The molecule has 2 aromatic carbocycles. The van der Waals surface area contributed by atoms with Gasteiger partial charge in [0.05, 0.1) is 5.54 Å². The summed E-state index contributed by atoms with van der Waals surface area (Å²) >= 11 is 0. The van der Waals surface area contributed by atoms with Crippen LogP contribution in [0.3, 0.4) is 0 Å². The lowest BCUT2D eigenvalue weighted by Crippen LogP contribution is -2.51. The second kappa shape index (κ2) is 6.58. The van der Waals surface area contributed by atoms with Gasteiger partial charge in [-0.25, -0.2) is 4.39 Å². The minimum Gasteiger partial charge on any atom is -0.489 e. The Morgan fingerprint density at radius 2 is 1.86 bits per heavy atom. The molecule has 0 bridgehead atoms. The Morgan fingerprint density at radius 3 is 2.55 bits per heavy atom. The standard InChI is InChI=1S/C17H19FN2O2/c1-17(20,16(19)21)10-12-4-2-5-13(8-12)11-22-15-7-3-6-14(18)9-15/h2-9H,10-11,20H2,1H3,(H2,19,21). The normalized spacial score (nSPS) is 13.4. The number of benzene rings is 2. The molecule has 0 fully saturated rings. The summed E-state index contributed by atoms with van der Waals surface area (Å²) in [6.07, 6.45) is 0.343. The van der Waals surface area contributed by atoms with Gasteiger partial charge in [0, 0.05) is 6.07 Å². The summed E-state index contributed by atoms with van der Waals surface area (Å²) in [6.45, 7) is 1.90. The number of carbonyl (C=O) groups is 1. The van der Waals surface area contributed by atoms with Crippen molar-refractivity contribution in [1.29, 1.82) is 0 Å². The van der Waals surface area contributed by atoms with Crippen molar-refractivity contribution in [3.63, 3.8) is 0 Å². The monoisotopic (exact) mass is 302 g/mol. The predicted octanol–water partition coefficient (Wildman–Crippen LogP) is 2.15. The van der Waals surface area contributed by atoms with E-state index in [2.05, 4.69) is 0 Å². The van der Waals surface area contributed by atoms with E-state index in [4.69, 9.17) is 16.2 Å². The number of ether oxygens (including phenoxy) is 1. The number of hydrogen-bond acceptors (Lipinski definition) is 3. The molecular formula is C17H19FN2O2. The lowest BCUT2D eigenvalue weighted by atomic mass is 9.92. The van der Waals surface area contributed by atoms with Crippen LogP contribution in [0.5, 0.6) is 5.75 Å². The first-order valence-electron chi connectivity index (χ1n) is 6.92. The molecule has 0 heterocycles. The highest BCUT2D eigenvalue weighted by Gasteiger charge is 2.25. The van der Waals surface area contributed by atoms with Gasteiger partial charge in [-0.2, -0.15) is 0 Å². The third kappa shape index (κ3) is 4.30. The summed E-state index contributed by atoms with van der Waals surface area (Å²) in [7, 11) is 0. The van der Waals surface area contributed by atoms with Gasteiger partial charge >= 0.3 is 0 Å². The third-order valence-corrected chi connectivity index (χ3v) is 3.33. The lowest BCUT2D eigenvalue weighted by molar-refractivity contribution is -0.122. The van der Waals surface area contributed by atoms with Gasteiger partial charge in [-0.15, -0.1) is 0 Å². The van der Waals surface area contributed by atoms with Crippen molar-refractivity contribution in [2.75, 3.05) is 0 Å². The highest BCUT2D eigenvalue weighted by Crippen LogP contribution is 2.16. The van der Waals surface area contributed by atoms with Gasteiger partial charge in [0.15, 0.2) is 0 Å². The molecule has 0 aliphatic heterocycles. The van der Waals surface area contributed by atoms with E-state index >= 15 is 0 Å². The molecule has 0 aliphatic rings. The first kappa shape index (κ1) is 16.0. The maximum Gasteiger partial charge on any atom is 0.237 e. The van der Waals surface area contributed by atoms with Crippen LogP contribution in [0.2, 0.25) is 0 Å². The van der Waals surface area contributed by atoms with E-state index in [-0.39, 0.29) is 5.82 Å². The van der Waals surface area contributed by atoms with Crippen LogP contribution in [0, 0.1) is 5.82 Å². The van der Waals surface area contributed by atoms with Crippen molar-refractivity contribution in [1.82, 2.24) is 0 Å². The summed E-state index contributed by atoms with van der Waals surface area (Å²) in [5.41, 5.74) is 11.9. The Hall–Kier alpha value is -2.40. The fraction of sp³-hybridized carbons (Fsp3) is 0.235. The number of hydrogen-bond donors (Lipinski definition) is 2. The second-order valence-corrected chi connectivity index (χ2v) is 5.52. The van der Waals surface area contributed by atoms with Crippen LogP contribution in [-0.4, -0.2) is 11.4 Å². The van der Waals surface area contributed by atoms with Crippen LogP contribution in [-0.2, 0) is 17.8 Å². The number of primary amides is 1. The number of rotatable bonds is 6. The Bertz CT molecular complexity index is 671. The van der Waals surface area contributed by atoms with E-state index in [9.17, 15) is 9.18 Å². The summed E-state index contributed by atoms with van der Waals surface area (Å²) < 4.78 is 18.6. The number of halogens is 1. The van der Waals surface area contributed by atoms with E-state index in [1.807, 2.05) is 24.3 Å². The lowest BCUT2D eigenvalue weighted by Gasteiger charge is -2.20. The topological polar surface area (TPSA) is 78.3 Å². The molecule has 1 atom stereocenters. The Morgan fingerprint density at radius 1 is 1.18 bits per heavy atom. The van der Waals surface area contributed by atoms with Crippen molar-refractivity contribution in [2.45, 2.75) is 25.5 Å². The molecule has 2 aromatic rings. The molecule has 116 valence electrons. The van der Waals surface area contributed by atoms with Crippen molar-refractivity contribution in [3.05, 3.63) is 65.5 Å². The Kier molecular flexibility index (Phi) is 4.78. The highest BCUT2D eigenvalue weighted by molar-refractivity contribution is 5.84. The third-order valence-electron chi connectivity index (χ3n) is 3.33. The van der Waals surface area contributed by atoms with E-state index in [1.165, 1.54) is 12.1 Å². The van der Waals surface area contributed by atoms with Crippen molar-refractivity contribution in [3.8, 4) is 5.75 Å². The quantitative estimate of drug-likeness (QED) is 0.858. The van der Waals surface area contributed by atoms with Crippen LogP contribution >= 0.6 is 0 Å². The summed E-state index contributed by atoms with van der Waals surface area (Å²) in [6, 6.07) is 13.5. The van der Waals surface area contributed by atoms with Crippen LogP contribution in [0.15, 0.2) is 48.5 Å². The molecule has 1 amide bonds. The van der Waals surface area contributed by atoms with Crippen LogP contribution in [0.4, 0.5) is 4.39 Å².